The summed E-state index contributed by atoms with van der Waals surface area (Å²) in [6.45, 7) is 1.33. The van der Waals surface area contributed by atoms with E-state index in [1.807, 2.05) is 18.2 Å². The van der Waals surface area contributed by atoms with Crippen molar-refractivity contribution in [3.8, 4) is 11.5 Å². The zero-order valence-corrected chi connectivity index (χ0v) is 8.85. The quantitative estimate of drug-likeness (QED) is 0.340. The van der Waals surface area contributed by atoms with E-state index in [1.54, 1.807) is 0 Å². The van der Waals surface area contributed by atoms with Crippen LogP contribution >= 0.6 is 0 Å². The van der Waals surface area contributed by atoms with Crippen LogP contribution in [0.2, 0.25) is 0 Å². The molecule has 0 aromatic heterocycles. The van der Waals surface area contributed by atoms with Crippen LogP contribution in [0.3, 0.4) is 0 Å². The molecule has 5 heteroatoms. The van der Waals surface area contributed by atoms with Gasteiger partial charge in [-0.1, -0.05) is 11.2 Å². The Morgan fingerprint density at radius 3 is 2.81 bits per heavy atom. The largest absolute Gasteiger partial charge is 0.490 e. The van der Waals surface area contributed by atoms with Crippen molar-refractivity contribution in [2.24, 2.45) is 10.9 Å². The molecule has 5 nitrogen and oxygen atoms in total. The maximum Gasteiger partial charge on any atom is 0.161 e. The fourth-order valence-electron chi connectivity index (χ4n) is 1.56. The lowest BCUT2D eigenvalue weighted by Crippen LogP contribution is -2.14. The van der Waals surface area contributed by atoms with E-state index in [9.17, 15) is 0 Å². The van der Waals surface area contributed by atoms with Crippen LogP contribution in [0.4, 0.5) is 0 Å². The van der Waals surface area contributed by atoms with Crippen molar-refractivity contribution in [3.05, 3.63) is 23.8 Å². The molecule has 0 saturated carbocycles. The molecule has 0 amide bonds. The van der Waals surface area contributed by atoms with Gasteiger partial charge in [-0.2, -0.15) is 0 Å². The Hall–Kier alpha value is -1.91. The SMILES string of the molecule is N/C(Cc1ccc2c(c1)OCCCO2)=N\O. The van der Waals surface area contributed by atoms with Crippen LogP contribution < -0.4 is 15.2 Å². The van der Waals surface area contributed by atoms with E-state index < -0.39 is 0 Å². The van der Waals surface area contributed by atoms with Crippen molar-refractivity contribution in [2.75, 3.05) is 13.2 Å². The van der Waals surface area contributed by atoms with E-state index in [4.69, 9.17) is 20.4 Å². The van der Waals surface area contributed by atoms with Gasteiger partial charge in [0, 0.05) is 12.8 Å². The van der Waals surface area contributed by atoms with E-state index in [-0.39, 0.29) is 5.84 Å². The summed E-state index contributed by atoms with van der Waals surface area (Å²) in [6, 6.07) is 5.59. The number of amidine groups is 1. The highest BCUT2D eigenvalue weighted by Gasteiger charge is 2.10. The smallest absolute Gasteiger partial charge is 0.161 e. The number of hydrogen-bond donors (Lipinski definition) is 2. The maximum absolute atomic E-state index is 8.49. The van der Waals surface area contributed by atoms with Gasteiger partial charge in [-0.25, -0.2) is 0 Å². The van der Waals surface area contributed by atoms with Crippen molar-refractivity contribution in [3.63, 3.8) is 0 Å². The van der Waals surface area contributed by atoms with Gasteiger partial charge in [-0.15, -0.1) is 0 Å². The Labute approximate surface area is 93.5 Å². The van der Waals surface area contributed by atoms with Crippen LogP contribution in [-0.2, 0) is 6.42 Å². The molecule has 0 aliphatic carbocycles. The molecule has 0 radical (unpaired) electrons. The van der Waals surface area contributed by atoms with Crippen LogP contribution in [0, 0.1) is 0 Å². The minimum Gasteiger partial charge on any atom is -0.490 e. The molecule has 1 aliphatic heterocycles. The third kappa shape index (κ3) is 2.36. The van der Waals surface area contributed by atoms with E-state index in [2.05, 4.69) is 5.16 Å². The van der Waals surface area contributed by atoms with Crippen molar-refractivity contribution in [1.82, 2.24) is 0 Å². The molecule has 0 atom stereocenters. The van der Waals surface area contributed by atoms with Gasteiger partial charge in [0.05, 0.1) is 13.2 Å². The standard InChI is InChI=1S/C11H14N2O3/c12-11(13-14)7-8-2-3-9-10(6-8)16-5-1-4-15-9/h2-3,6,14H,1,4-5,7H2,(H2,12,13). The number of nitrogens with two attached hydrogens (primary N) is 1. The third-order valence-corrected chi connectivity index (χ3v) is 2.33. The average molecular weight is 222 g/mol. The molecule has 2 rings (SSSR count). The van der Waals surface area contributed by atoms with Gasteiger partial charge < -0.3 is 20.4 Å². The van der Waals surface area contributed by atoms with Crippen molar-refractivity contribution >= 4 is 5.84 Å². The van der Waals surface area contributed by atoms with Gasteiger partial charge in [-0.05, 0) is 17.7 Å². The zero-order chi connectivity index (χ0) is 11.4. The summed E-state index contributed by atoms with van der Waals surface area (Å²) < 4.78 is 11.0. The lowest BCUT2D eigenvalue weighted by atomic mass is 10.1. The average Bonchev–Trinajstić information content (AvgIpc) is 2.53. The fraction of sp³-hybridized carbons (Fsp3) is 0.364. The molecule has 3 N–H and O–H groups in total. The second-order valence-corrected chi connectivity index (χ2v) is 3.60. The van der Waals surface area contributed by atoms with Crippen LogP contribution in [0.15, 0.2) is 23.4 Å². The first kappa shape index (κ1) is 10.6. The summed E-state index contributed by atoms with van der Waals surface area (Å²) in [4.78, 5) is 0. The Morgan fingerprint density at radius 1 is 1.31 bits per heavy atom. The van der Waals surface area contributed by atoms with Crippen LogP contribution in [0.1, 0.15) is 12.0 Å². The fourth-order valence-corrected chi connectivity index (χ4v) is 1.56. The number of benzene rings is 1. The van der Waals surface area contributed by atoms with E-state index in [0.717, 1.165) is 23.5 Å². The van der Waals surface area contributed by atoms with Gasteiger partial charge in [-0.3, -0.25) is 0 Å². The molecule has 1 aromatic rings. The minimum absolute atomic E-state index is 0.175. The maximum atomic E-state index is 8.49. The molecule has 16 heavy (non-hydrogen) atoms. The van der Waals surface area contributed by atoms with Gasteiger partial charge in [0.25, 0.3) is 0 Å². The van der Waals surface area contributed by atoms with Gasteiger partial charge in [0.1, 0.15) is 5.84 Å². The van der Waals surface area contributed by atoms with Crippen molar-refractivity contribution < 1.29 is 14.7 Å². The summed E-state index contributed by atoms with van der Waals surface area (Å²) >= 11 is 0. The number of oxime groups is 1. The lowest BCUT2D eigenvalue weighted by molar-refractivity contribution is 0.297. The molecule has 0 fully saturated rings. The number of fused-ring (bicyclic) bond motifs is 1. The van der Waals surface area contributed by atoms with Gasteiger partial charge in [0.15, 0.2) is 11.5 Å². The Balaban J connectivity index is 2.20. The van der Waals surface area contributed by atoms with E-state index >= 15 is 0 Å². The molecule has 0 spiro atoms. The molecule has 1 heterocycles. The topological polar surface area (TPSA) is 77.1 Å². The van der Waals surface area contributed by atoms with Crippen molar-refractivity contribution in [1.29, 1.82) is 0 Å². The monoisotopic (exact) mass is 222 g/mol. The van der Waals surface area contributed by atoms with E-state index in [0.29, 0.717) is 19.6 Å². The lowest BCUT2D eigenvalue weighted by Gasteiger charge is -2.08. The second-order valence-electron chi connectivity index (χ2n) is 3.60. The summed E-state index contributed by atoms with van der Waals surface area (Å²) in [5.41, 5.74) is 6.37. The second kappa shape index (κ2) is 4.74. The Morgan fingerprint density at radius 2 is 2.06 bits per heavy atom. The zero-order valence-electron chi connectivity index (χ0n) is 8.85. The summed E-state index contributed by atoms with van der Waals surface area (Å²) in [5.74, 6) is 1.65. The third-order valence-electron chi connectivity index (χ3n) is 2.33. The predicted octanol–water partition coefficient (Wildman–Crippen LogP) is 1.14. The van der Waals surface area contributed by atoms with Gasteiger partial charge in [0.2, 0.25) is 0 Å². The number of nitrogens with zero attached hydrogens (tertiary/aromatic N) is 1. The highest BCUT2D eigenvalue weighted by Crippen LogP contribution is 2.30. The molecule has 86 valence electrons. The summed E-state index contributed by atoms with van der Waals surface area (Å²) in [6.07, 6.45) is 1.28. The number of rotatable bonds is 2. The molecular formula is C11H14N2O3. The Kier molecular flexibility index (Phi) is 3.14. The molecule has 0 bridgehead atoms. The normalized spacial score (nSPS) is 15.6. The summed E-state index contributed by atoms with van der Waals surface area (Å²) in [7, 11) is 0. The highest BCUT2D eigenvalue weighted by atomic mass is 16.5. The first-order chi connectivity index (χ1) is 7.79. The number of hydrogen-bond acceptors (Lipinski definition) is 4. The van der Waals surface area contributed by atoms with Gasteiger partial charge >= 0.3 is 0 Å². The van der Waals surface area contributed by atoms with Crippen LogP contribution in [-0.4, -0.2) is 24.3 Å². The van der Waals surface area contributed by atoms with E-state index in [1.165, 1.54) is 0 Å². The minimum atomic E-state index is 0.175. The first-order valence-corrected chi connectivity index (χ1v) is 5.14. The number of ether oxygens (including phenoxy) is 2. The van der Waals surface area contributed by atoms with Crippen molar-refractivity contribution in [2.45, 2.75) is 12.8 Å². The molecule has 1 aliphatic rings. The highest BCUT2D eigenvalue weighted by molar-refractivity contribution is 5.82. The molecule has 1 aromatic carbocycles. The summed E-state index contributed by atoms with van der Waals surface area (Å²) in [5, 5.41) is 11.4. The molecule has 0 saturated heterocycles. The Bertz CT molecular complexity index is 404. The predicted molar refractivity (Wildman–Crippen MR) is 59.2 cm³/mol. The molecule has 0 unspecified atom stereocenters. The van der Waals surface area contributed by atoms with Crippen LogP contribution in [0.5, 0.6) is 11.5 Å². The molecular weight excluding hydrogens is 208 g/mol. The first-order valence-electron chi connectivity index (χ1n) is 5.14. The van der Waals surface area contributed by atoms with Crippen LogP contribution in [0.25, 0.3) is 0 Å².